The molecule has 1 amide bonds. The lowest BCUT2D eigenvalue weighted by Gasteiger charge is -2.28. The smallest absolute Gasteiger partial charge is 0.307 e. The van der Waals surface area contributed by atoms with Crippen LogP contribution in [0.25, 0.3) is 11.1 Å². The van der Waals surface area contributed by atoms with Gasteiger partial charge >= 0.3 is 5.97 Å². The van der Waals surface area contributed by atoms with E-state index < -0.39 is 0 Å². The number of amides is 1. The average molecular weight is 530 g/mol. The highest BCUT2D eigenvalue weighted by Gasteiger charge is 2.23. The molecule has 0 heterocycles. The van der Waals surface area contributed by atoms with Gasteiger partial charge in [0.25, 0.3) is 5.91 Å². The van der Waals surface area contributed by atoms with Crippen molar-refractivity contribution in [2.75, 3.05) is 13.7 Å². The zero-order valence-electron chi connectivity index (χ0n) is 24.7. The first-order valence-corrected chi connectivity index (χ1v) is 13.7. The van der Waals surface area contributed by atoms with Gasteiger partial charge in [-0.05, 0) is 89.2 Å². The lowest BCUT2D eigenvalue weighted by molar-refractivity contribution is -0.140. The van der Waals surface area contributed by atoms with Crippen LogP contribution in [0.15, 0.2) is 60.7 Å². The Labute approximate surface area is 233 Å². The highest BCUT2D eigenvalue weighted by atomic mass is 16.5. The molecular weight excluding hydrogens is 486 g/mol. The van der Waals surface area contributed by atoms with Gasteiger partial charge in [0.2, 0.25) is 0 Å². The first-order valence-electron chi connectivity index (χ1n) is 13.7. The van der Waals surface area contributed by atoms with Gasteiger partial charge in [-0.3, -0.25) is 9.59 Å². The molecule has 0 aliphatic carbocycles. The molecular formula is C34H43NO4. The minimum Gasteiger partial charge on any atom is -0.486 e. The summed E-state index contributed by atoms with van der Waals surface area (Å²) in [5.74, 6) is 0.774. The predicted molar refractivity (Wildman–Crippen MR) is 158 cm³/mol. The Morgan fingerprint density at radius 1 is 0.872 bits per heavy atom. The molecule has 3 rings (SSSR count). The number of ether oxygens (including phenoxy) is 2. The summed E-state index contributed by atoms with van der Waals surface area (Å²) in [6.45, 7) is 15.5. The Morgan fingerprint density at radius 3 is 1.95 bits per heavy atom. The first-order chi connectivity index (χ1) is 18.4. The van der Waals surface area contributed by atoms with E-state index in [4.69, 9.17) is 4.74 Å². The maximum atomic E-state index is 12.5. The van der Waals surface area contributed by atoms with Gasteiger partial charge in [-0.1, -0.05) is 71.0 Å². The molecule has 5 nitrogen and oxygen atoms in total. The van der Waals surface area contributed by atoms with Gasteiger partial charge in [0, 0.05) is 12.1 Å². The molecule has 1 unspecified atom stereocenters. The number of hydrogen-bond donors (Lipinski definition) is 1. The highest BCUT2D eigenvalue weighted by Crippen LogP contribution is 2.37. The molecule has 0 spiro atoms. The molecule has 0 saturated carbocycles. The summed E-state index contributed by atoms with van der Waals surface area (Å²) in [5.41, 5.74) is 7.74. The summed E-state index contributed by atoms with van der Waals surface area (Å²) in [6, 6.07) is 20.6. The fourth-order valence-electron chi connectivity index (χ4n) is 4.76. The van der Waals surface area contributed by atoms with Gasteiger partial charge < -0.3 is 14.8 Å². The molecule has 5 heteroatoms. The van der Waals surface area contributed by atoms with Gasteiger partial charge in [-0.25, -0.2) is 0 Å². The van der Waals surface area contributed by atoms with E-state index in [1.165, 1.54) is 34.9 Å². The van der Waals surface area contributed by atoms with Crippen LogP contribution in [-0.4, -0.2) is 25.5 Å². The van der Waals surface area contributed by atoms with Crippen molar-refractivity contribution < 1.29 is 19.1 Å². The number of carbonyl (C=O) groups excluding carboxylic acids is 2. The zero-order chi connectivity index (χ0) is 28.7. The minimum atomic E-state index is -0.352. The van der Waals surface area contributed by atoms with Crippen molar-refractivity contribution in [1.82, 2.24) is 5.32 Å². The van der Waals surface area contributed by atoms with Crippen LogP contribution in [0.2, 0.25) is 0 Å². The van der Waals surface area contributed by atoms with Crippen LogP contribution in [0.4, 0.5) is 0 Å². The maximum Gasteiger partial charge on any atom is 0.307 e. The maximum absolute atomic E-state index is 12.5. The van der Waals surface area contributed by atoms with E-state index in [-0.39, 0.29) is 36.4 Å². The number of hydrogen-bond acceptors (Lipinski definition) is 4. The van der Waals surface area contributed by atoms with E-state index in [1.807, 2.05) is 24.3 Å². The summed E-state index contributed by atoms with van der Waals surface area (Å²) in [7, 11) is 1.33. The molecule has 0 aromatic heterocycles. The lowest BCUT2D eigenvalue weighted by Crippen LogP contribution is -2.26. The van der Waals surface area contributed by atoms with Crippen molar-refractivity contribution in [2.24, 2.45) is 5.41 Å². The summed E-state index contributed by atoms with van der Waals surface area (Å²) < 4.78 is 11.3. The first kappa shape index (κ1) is 29.9. The molecule has 208 valence electrons. The van der Waals surface area contributed by atoms with Crippen LogP contribution in [0.5, 0.6) is 5.75 Å². The molecule has 0 fully saturated rings. The number of methoxy groups -OCH3 is 1. The number of aryl methyl sites for hydroxylation is 2. The fourth-order valence-corrected chi connectivity index (χ4v) is 4.76. The van der Waals surface area contributed by atoms with E-state index in [2.05, 4.69) is 94.9 Å². The Morgan fingerprint density at radius 2 is 1.44 bits per heavy atom. The largest absolute Gasteiger partial charge is 0.486 e. The highest BCUT2D eigenvalue weighted by molar-refractivity contribution is 5.94. The molecule has 3 aromatic carbocycles. The quantitative estimate of drug-likeness (QED) is 0.271. The number of carbonyl (C=O) groups is 2. The molecule has 39 heavy (non-hydrogen) atoms. The van der Waals surface area contributed by atoms with E-state index >= 15 is 0 Å². The van der Waals surface area contributed by atoms with Crippen LogP contribution in [0.3, 0.4) is 0 Å². The number of rotatable bonds is 10. The summed E-state index contributed by atoms with van der Waals surface area (Å²) >= 11 is 0. The van der Waals surface area contributed by atoms with Crippen molar-refractivity contribution in [1.29, 1.82) is 0 Å². The normalized spacial score (nSPS) is 12.2. The van der Waals surface area contributed by atoms with Gasteiger partial charge in [-0.15, -0.1) is 0 Å². The van der Waals surface area contributed by atoms with Crippen molar-refractivity contribution in [3.05, 3.63) is 88.5 Å². The molecule has 1 atom stereocenters. The van der Waals surface area contributed by atoms with E-state index in [1.54, 1.807) is 0 Å². The molecule has 0 bridgehead atoms. The minimum absolute atomic E-state index is 0.0385. The van der Waals surface area contributed by atoms with Crippen molar-refractivity contribution >= 4 is 11.9 Å². The van der Waals surface area contributed by atoms with E-state index in [9.17, 15) is 9.59 Å². The molecule has 0 aliphatic rings. The van der Waals surface area contributed by atoms with Gasteiger partial charge in [0.05, 0.1) is 13.5 Å². The van der Waals surface area contributed by atoms with Crippen molar-refractivity contribution in [3.63, 3.8) is 0 Å². The molecule has 0 radical (unpaired) electrons. The third kappa shape index (κ3) is 8.44. The molecule has 1 N–H and O–H groups in total. The average Bonchev–Trinajstić information content (AvgIpc) is 2.87. The second-order valence-corrected chi connectivity index (χ2v) is 11.8. The number of esters is 1. The summed E-state index contributed by atoms with van der Waals surface area (Å²) in [5, 5.41) is 2.76. The third-order valence-corrected chi connectivity index (χ3v) is 6.84. The van der Waals surface area contributed by atoms with E-state index in [0.717, 1.165) is 17.7 Å². The Bertz CT molecular complexity index is 1250. The number of benzene rings is 3. The van der Waals surface area contributed by atoms with Crippen LogP contribution in [0.1, 0.15) is 92.1 Å². The Hall–Kier alpha value is -3.60. The van der Waals surface area contributed by atoms with E-state index in [0.29, 0.717) is 11.5 Å². The monoisotopic (exact) mass is 529 g/mol. The van der Waals surface area contributed by atoms with Crippen molar-refractivity contribution in [2.45, 2.75) is 73.3 Å². The second kappa shape index (κ2) is 13.0. The van der Waals surface area contributed by atoms with Crippen molar-refractivity contribution in [3.8, 4) is 16.9 Å². The Kier molecular flexibility index (Phi) is 9.96. The Balaban J connectivity index is 1.81. The SMILES string of the molecule is COC(=O)CCNC(=O)c1ccc(C(CC(C)(C)C)Oc2cc(C)c(-c3ccc(C(C)C)cc3)c(C)c2)cc1. The molecule has 0 saturated heterocycles. The zero-order valence-corrected chi connectivity index (χ0v) is 24.7. The van der Waals surface area contributed by atoms with Crippen LogP contribution in [0, 0.1) is 19.3 Å². The van der Waals surface area contributed by atoms with Gasteiger partial charge in [0.15, 0.2) is 0 Å². The predicted octanol–water partition coefficient (Wildman–Crippen LogP) is 7.94. The lowest BCUT2D eigenvalue weighted by atomic mass is 9.86. The second-order valence-electron chi connectivity index (χ2n) is 11.8. The molecule has 0 aliphatic heterocycles. The summed E-state index contributed by atoms with van der Waals surface area (Å²) in [6.07, 6.45) is 0.785. The summed E-state index contributed by atoms with van der Waals surface area (Å²) in [4.78, 5) is 23.8. The van der Waals surface area contributed by atoms with Crippen LogP contribution >= 0.6 is 0 Å². The number of nitrogens with one attached hydrogen (secondary N) is 1. The standard InChI is InChI=1S/C34H43NO4/c1-22(2)25-9-13-27(14-10-25)32-23(3)19-29(20-24(32)4)39-30(21-34(5,6)7)26-11-15-28(16-12-26)33(37)35-18-17-31(36)38-8/h9-16,19-20,22,30H,17-18,21H2,1-8H3,(H,35,37). The third-order valence-electron chi connectivity index (χ3n) is 6.84. The van der Waals surface area contributed by atoms with Gasteiger partial charge in [0.1, 0.15) is 11.9 Å². The van der Waals surface area contributed by atoms with Crippen LogP contribution < -0.4 is 10.1 Å². The van der Waals surface area contributed by atoms with Crippen LogP contribution in [-0.2, 0) is 9.53 Å². The topological polar surface area (TPSA) is 64.6 Å². The molecule has 3 aromatic rings. The van der Waals surface area contributed by atoms with Gasteiger partial charge in [-0.2, -0.15) is 0 Å². The fraction of sp³-hybridized carbons (Fsp3) is 0.412.